The van der Waals surface area contributed by atoms with E-state index in [0.717, 1.165) is 59.5 Å². The number of aryl methyl sites for hydroxylation is 1. The van der Waals surface area contributed by atoms with E-state index in [9.17, 15) is 0 Å². The highest BCUT2D eigenvalue weighted by Crippen LogP contribution is 2.39. The summed E-state index contributed by atoms with van der Waals surface area (Å²) in [7, 11) is 0. The van der Waals surface area contributed by atoms with Gasteiger partial charge in [-0.05, 0) is 72.6 Å². The third-order valence-corrected chi connectivity index (χ3v) is 8.29. The average molecular weight is 508 g/mol. The predicted octanol–water partition coefficient (Wildman–Crippen LogP) is 8.51. The molecule has 0 fully saturated rings. The van der Waals surface area contributed by atoms with Gasteiger partial charge < -0.3 is 10.3 Å². The van der Waals surface area contributed by atoms with Gasteiger partial charge in [-0.2, -0.15) is 0 Å². The van der Waals surface area contributed by atoms with Gasteiger partial charge in [-0.1, -0.05) is 91.9 Å². The summed E-state index contributed by atoms with van der Waals surface area (Å²) in [5.41, 5.74) is 18.1. The molecule has 2 unspecified atom stereocenters. The second-order valence-corrected chi connectivity index (χ2v) is 11.0. The van der Waals surface area contributed by atoms with Crippen LogP contribution in [0.4, 0.5) is 0 Å². The van der Waals surface area contributed by atoms with Crippen molar-refractivity contribution in [2.24, 2.45) is 11.7 Å². The maximum Gasteiger partial charge on any atom is 0.0715 e. The number of aromatic nitrogens is 2. The van der Waals surface area contributed by atoms with Gasteiger partial charge in [0.25, 0.3) is 0 Å². The highest BCUT2D eigenvalue weighted by molar-refractivity contribution is 5.90. The maximum absolute atomic E-state index is 6.73. The third-order valence-electron chi connectivity index (χ3n) is 8.29. The largest absolute Gasteiger partial charge is 0.398 e. The SMILES string of the molecule is CC1C=CC(c2cc(C3=CC(n4c5c(c6ccccc64)CCC=C5)CC=C3N)cc(-c3ccccc3)n2)=CC1. The van der Waals surface area contributed by atoms with Gasteiger partial charge in [0.05, 0.1) is 17.4 Å². The monoisotopic (exact) mass is 507 g/mol. The molecule has 0 spiro atoms. The fraction of sp³-hybridized carbons (Fsp3) is 0.194. The minimum absolute atomic E-state index is 0.190. The van der Waals surface area contributed by atoms with Crippen LogP contribution >= 0.6 is 0 Å². The molecule has 0 saturated carbocycles. The van der Waals surface area contributed by atoms with Gasteiger partial charge in [-0.3, -0.25) is 0 Å². The van der Waals surface area contributed by atoms with Crippen molar-refractivity contribution < 1.29 is 0 Å². The summed E-state index contributed by atoms with van der Waals surface area (Å²) in [5, 5.41) is 1.37. The summed E-state index contributed by atoms with van der Waals surface area (Å²) in [4.78, 5) is 5.12. The minimum atomic E-state index is 0.190. The summed E-state index contributed by atoms with van der Waals surface area (Å²) >= 11 is 0. The van der Waals surface area contributed by atoms with Crippen molar-refractivity contribution in [3.05, 3.63) is 131 Å². The molecule has 39 heavy (non-hydrogen) atoms. The molecule has 7 rings (SSSR count). The highest BCUT2D eigenvalue weighted by Gasteiger charge is 2.24. The van der Waals surface area contributed by atoms with Crippen LogP contribution in [0, 0.1) is 5.92 Å². The van der Waals surface area contributed by atoms with Crippen molar-refractivity contribution in [2.75, 3.05) is 0 Å². The van der Waals surface area contributed by atoms with E-state index in [4.69, 9.17) is 10.7 Å². The zero-order valence-corrected chi connectivity index (χ0v) is 22.3. The van der Waals surface area contributed by atoms with Gasteiger partial charge in [-0.25, -0.2) is 4.98 Å². The van der Waals surface area contributed by atoms with Crippen LogP contribution < -0.4 is 5.73 Å². The maximum atomic E-state index is 6.73. The first-order valence-corrected chi connectivity index (χ1v) is 14.1. The normalized spacial score (nSPS) is 20.4. The van der Waals surface area contributed by atoms with Crippen molar-refractivity contribution in [3.8, 4) is 11.3 Å². The van der Waals surface area contributed by atoms with E-state index < -0.39 is 0 Å². The fourth-order valence-electron chi connectivity index (χ4n) is 6.24. The zero-order valence-electron chi connectivity index (χ0n) is 22.3. The molecular formula is C36H33N3. The standard InChI is InChI=1S/C36H33N3/c1-24-15-17-26(18-16-24)34-22-27(21-33(38-34)25-9-3-2-4-10-25)31-23-28(19-20-32(31)37)39-35-13-7-5-11-29(35)30-12-6-8-14-36(30)39/h2-5,7-11,13-15,17-18,20-24,28H,6,12,16,19,37H2,1H3. The first-order valence-electron chi connectivity index (χ1n) is 14.1. The van der Waals surface area contributed by atoms with Crippen molar-refractivity contribution in [1.29, 1.82) is 0 Å². The van der Waals surface area contributed by atoms with Gasteiger partial charge in [0.1, 0.15) is 0 Å². The summed E-state index contributed by atoms with van der Waals surface area (Å²) < 4.78 is 2.53. The first-order chi connectivity index (χ1) is 19.2. The molecule has 3 nitrogen and oxygen atoms in total. The van der Waals surface area contributed by atoms with Crippen molar-refractivity contribution in [2.45, 2.75) is 38.6 Å². The van der Waals surface area contributed by atoms with E-state index in [0.29, 0.717) is 5.92 Å². The van der Waals surface area contributed by atoms with Crippen LogP contribution in [-0.2, 0) is 6.42 Å². The lowest BCUT2D eigenvalue weighted by atomic mass is 9.90. The molecule has 0 radical (unpaired) electrons. The van der Waals surface area contributed by atoms with E-state index in [-0.39, 0.29) is 6.04 Å². The Kier molecular flexibility index (Phi) is 5.93. The number of nitrogens with zero attached hydrogens (tertiary/aromatic N) is 2. The quantitative estimate of drug-likeness (QED) is 0.301. The Balaban J connectivity index is 1.38. The van der Waals surface area contributed by atoms with Crippen molar-refractivity contribution in [3.63, 3.8) is 0 Å². The third kappa shape index (κ3) is 4.28. The average Bonchev–Trinajstić information content (AvgIpc) is 3.32. The number of rotatable bonds is 4. The van der Waals surface area contributed by atoms with Gasteiger partial charge in [0, 0.05) is 33.4 Å². The number of hydrogen-bond acceptors (Lipinski definition) is 2. The number of benzene rings is 2. The molecule has 0 bridgehead atoms. The Hall–Kier alpha value is -4.37. The van der Waals surface area contributed by atoms with E-state index in [1.165, 1.54) is 27.7 Å². The minimum Gasteiger partial charge on any atom is -0.398 e. The molecule has 3 aliphatic rings. The topological polar surface area (TPSA) is 43.8 Å². The molecule has 3 aliphatic carbocycles. The van der Waals surface area contributed by atoms with E-state index >= 15 is 0 Å². The van der Waals surface area contributed by atoms with Gasteiger partial charge in [0.15, 0.2) is 0 Å². The molecule has 192 valence electrons. The molecule has 4 aromatic rings. The van der Waals surface area contributed by atoms with Crippen molar-refractivity contribution >= 4 is 28.1 Å². The van der Waals surface area contributed by atoms with E-state index in [1.54, 1.807) is 0 Å². The summed E-state index contributed by atoms with van der Waals surface area (Å²) in [6.45, 7) is 2.25. The van der Waals surface area contributed by atoms with Gasteiger partial charge in [-0.15, -0.1) is 0 Å². The van der Waals surface area contributed by atoms with Gasteiger partial charge in [0.2, 0.25) is 0 Å². The summed E-state index contributed by atoms with van der Waals surface area (Å²) in [6.07, 6.45) is 20.1. The van der Waals surface area contributed by atoms with E-state index in [1.807, 2.05) is 6.07 Å². The van der Waals surface area contributed by atoms with E-state index in [2.05, 4.69) is 115 Å². The fourth-order valence-corrected chi connectivity index (χ4v) is 6.24. The number of nitrogens with two attached hydrogens (primary N) is 1. The van der Waals surface area contributed by atoms with Crippen LogP contribution in [0.3, 0.4) is 0 Å². The van der Waals surface area contributed by atoms with Crippen LogP contribution in [0.2, 0.25) is 0 Å². The van der Waals surface area contributed by atoms with Crippen molar-refractivity contribution in [1.82, 2.24) is 9.55 Å². The Morgan fingerprint density at radius 1 is 0.872 bits per heavy atom. The Morgan fingerprint density at radius 2 is 1.69 bits per heavy atom. The molecule has 0 amide bonds. The molecule has 2 heterocycles. The second-order valence-electron chi connectivity index (χ2n) is 11.0. The first kappa shape index (κ1) is 23.7. The summed E-state index contributed by atoms with van der Waals surface area (Å²) in [6, 6.07) is 23.9. The van der Waals surface area contributed by atoms with Crippen LogP contribution in [0.15, 0.2) is 109 Å². The smallest absolute Gasteiger partial charge is 0.0715 e. The zero-order chi connectivity index (χ0) is 26.3. The molecular weight excluding hydrogens is 474 g/mol. The Bertz CT molecular complexity index is 1730. The van der Waals surface area contributed by atoms with Gasteiger partial charge >= 0.3 is 0 Å². The number of fused-ring (bicyclic) bond motifs is 3. The number of para-hydroxylation sites is 1. The molecule has 2 aromatic carbocycles. The number of hydrogen-bond donors (Lipinski definition) is 1. The second kappa shape index (κ2) is 9.74. The lowest BCUT2D eigenvalue weighted by Crippen LogP contribution is -2.15. The Labute approximate surface area is 230 Å². The van der Waals surface area contributed by atoms with Crippen LogP contribution in [0.25, 0.3) is 39.4 Å². The molecule has 3 heteroatoms. The van der Waals surface area contributed by atoms with Crippen LogP contribution in [0.1, 0.15) is 54.7 Å². The van der Waals surface area contributed by atoms with Crippen LogP contribution in [0.5, 0.6) is 0 Å². The van der Waals surface area contributed by atoms with Crippen LogP contribution in [-0.4, -0.2) is 9.55 Å². The molecule has 0 saturated heterocycles. The lowest BCUT2D eigenvalue weighted by Gasteiger charge is -2.25. The Morgan fingerprint density at radius 3 is 2.54 bits per heavy atom. The molecule has 2 aromatic heterocycles. The molecule has 2 atom stereocenters. The number of allylic oxidation sites excluding steroid dienone is 8. The predicted molar refractivity (Wildman–Crippen MR) is 164 cm³/mol. The summed E-state index contributed by atoms with van der Waals surface area (Å²) in [5.74, 6) is 0.558. The lowest BCUT2D eigenvalue weighted by molar-refractivity contribution is 0.620. The molecule has 0 aliphatic heterocycles. The highest BCUT2D eigenvalue weighted by atomic mass is 15.0. The molecule has 2 N–H and O–H groups in total. The number of pyridine rings is 1.